The first kappa shape index (κ1) is 17.8. The summed E-state index contributed by atoms with van der Waals surface area (Å²) in [4.78, 5) is 23.8. The first-order chi connectivity index (χ1) is 11.3. The third-order valence-corrected chi connectivity index (χ3v) is 3.51. The third kappa shape index (κ3) is 5.00. The lowest BCUT2D eigenvalue weighted by Crippen LogP contribution is -2.29. The molecule has 0 bridgehead atoms. The molecule has 126 valence electrons. The van der Waals surface area contributed by atoms with Crippen LogP contribution in [0.2, 0.25) is 5.02 Å². The van der Waals surface area contributed by atoms with E-state index in [2.05, 4.69) is 5.32 Å². The van der Waals surface area contributed by atoms with Crippen molar-refractivity contribution in [3.63, 3.8) is 0 Å². The highest BCUT2D eigenvalue weighted by atomic mass is 35.5. The quantitative estimate of drug-likeness (QED) is 0.638. The predicted molar refractivity (Wildman–Crippen MR) is 89.5 cm³/mol. The summed E-state index contributed by atoms with van der Waals surface area (Å²) in [6, 6.07) is 9.95. The summed E-state index contributed by atoms with van der Waals surface area (Å²) in [5, 5.41) is 13.3. The van der Waals surface area contributed by atoms with Gasteiger partial charge in [0.15, 0.2) is 0 Å². The van der Waals surface area contributed by atoms with E-state index in [0.717, 1.165) is 5.56 Å². The molecular weight excluding hydrogens is 337 g/mol. The average Bonchev–Trinajstić information content (AvgIpc) is 2.48. The maximum absolute atomic E-state index is 13.1. The van der Waals surface area contributed by atoms with Crippen LogP contribution in [0.15, 0.2) is 42.5 Å². The molecule has 0 aliphatic rings. The fourth-order valence-corrected chi connectivity index (χ4v) is 2.38. The van der Waals surface area contributed by atoms with Crippen molar-refractivity contribution in [1.82, 2.24) is 4.90 Å². The molecule has 24 heavy (non-hydrogen) atoms. The molecule has 0 atom stereocenters. The summed E-state index contributed by atoms with van der Waals surface area (Å²) in [7, 11) is 1.72. The number of carbonyl (C=O) groups is 1. The van der Waals surface area contributed by atoms with Crippen molar-refractivity contribution >= 4 is 28.9 Å². The number of halogens is 2. The zero-order chi connectivity index (χ0) is 17.7. The molecule has 0 aliphatic heterocycles. The molecule has 1 amide bonds. The van der Waals surface area contributed by atoms with Crippen LogP contribution in [-0.2, 0) is 11.3 Å². The number of carbonyl (C=O) groups excluding carboxylic acids is 1. The number of likely N-dealkylation sites (N-methyl/N-ethyl adjacent to an activating group) is 1. The normalized spacial score (nSPS) is 10.7. The number of benzene rings is 2. The highest BCUT2D eigenvalue weighted by Gasteiger charge is 2.13. The van der Waals surface area contributed by atoms with Gasteiger partial charge in [0.2, 0.25) is 5.91 Å². The van der Waals surface area contributed by atoms with E-state index >= 15 is 0 Å². The lowest BCUT2D eigenvalue weighted by Gasteiger charge is -2.16. The molecule has 8 heteroatoms. The smallest absolute Gasteiger partial charge is 0.271 e. The summed E-state index contributed by atoms with van der Waals surface area (Å²) >= 11 is 5.93. The van der Waals surface area contributed by atoms with Crippen LogP contribution in [0.25, 0.3) is 0 Å². The van der Waals surface area contributed by atoms with Crippen molar-refractivity contribution in [2.75, 3.05) is 18.9 Å². The van der Waals surface area contributed by atoms with Gasteiger partial charge in [-0.05, 0) is 30.8 Å². The van der Waals surface area contributed by atoms with Gasteiger partial charge in [-0.2, -0.15) is 0 Å². The monoisotopic (exact) mass is 351 g/mol. The van der Waals surface area contributed by atoms with Crippen LogP contribution in [0.4, 0.5) is 15.8 Å². The molecule has 0 saturated heterocycles. The Labute approximate surface area is 143 Å². The number of non-ortho nitro benzene ring substituents is 1. The van der Waals surface area contributed by atoms with Crippen LogP contribution in [0.1, 0.15) is 5.56 Å². The molecule has 0 aromatic heterocycles. The Kier molecular flexibility index (Phi) is 5.83. The number of hydrogen-bond donors (Lipinski definition) is 1. The Hall–Kier alpha value is -2.51. The van der Waals surface area contributed by atoms with E-state index in [9.17, 15) is 19.3 Å². The Morgan fingerprint density at radius 2 is 2.08 bits per heavy atom. The summed E-state index contributed by atoms with van der Waals surface area (Å²) in [5.74, 6) is -0.660. The standard InChI is InChI=1S/C16H15ClFN3O3/c1-20(9-11-3-2-4-12(18)7-11)10-16(22)19-15-6-5-13(21(23)24)8-14(15)17/h2-8H,9-10H2,1H3,(H,19,22). The SMILES string of the molecule is CN(CC(=O)Nc1ccc([N+](=O)[O-])cc1Cl)Cc1cccc(F)c1. The van der Waals surface area contributed by atoms with E-state index in [4.69, 9.17) is 11.6 Å². The Morgan fingerprint density at radius 3 is 2.71 bits per heavy atom. The van der Waals surface area contributed by atoms with Crippen molar-refractivity contribution in [2.24, 2.45) is 0 Å². The van der Waals surface area contributed by atoms with E-state index in [1.165, 1.54) is 30.3 Å². The Bertz CT molecular complexity index is 770. The summed E-state index contributed by atoms with van der Waals surface area (Å²) < 4.78 is 13.1. The van der Waals surface area contributed by atoms with Crippen LogP contribution in [0.3, 0.4) is 0 Å². The molecular formula is C16H15ClFN3O3. The highest BCUT2D eigenvalue weighted by molar-refractivity contribution is 6.34. The van der Waals surface area contributed by atoms with Gasteiger partial charge in [-0.25, -0.2) is 4.39 Å². The van der Waals surface area contributed by atoms with Gasteiger partial charge in [-0.15, -0.1) is 0 Å². The minimum absolute atomic E-state index is 0.0594. The number of nitro benzene ring substituents is 1. The molecule has 0 spiro atoms. The minimum Gasteiger partial charge on any atom is -0.324 e. The number of rotatable bonds is 6. The van der Waals surface area contributed by atoms with E-state index in [1.54, 1.807) is 24.1 Å². The molecule has 0 aliphatic carbocycles. The van der Waals surface area contributed by atoms with Gasteiger partial charge < -0.3 is 5.32 Å². The van der Waals surface area contributed by atoms with E-state index < -0.39 is 4.92 Å². The molecule has 6 nitrogen and oxygen atoms in total. The fourth-order valence-electron chi connectivity index (χ4n) is 2.16. The number of amides is 1. The first-order valence-corrected chi connectivity index (χ1v) is 7.39. The maximum Gasteiger partial charge on any atom is 0.271 e. The van der Waals surface area contributed by atoms with E-state index in [-0.39, 0.29) is 29.0 Å². The van der Waals surface area contributed by atoms with Crippen LogP contribution in [0, 0.1) is 15.9 Å². The summed E-state index contributed by atoms with van der Waals surface area (Å²) in [5.41, 5.74) is 0.895. The van der Waals surface area contributed by atoms with Gasteiger partial charge >= 0.3 is 0 Å². The lowest BCUT2D eigenvalue weighted by atomic mass is 10.2. The number of nitro groups is 1. The van der Waals surface area contributed by atoms with E-state index in [0.29, 0.717) is 12.2 Å². The van der Waals surface area contributed by atoms with Crippen molar-refractivity contribution in [3.05, 3.63) is 69.0 Å². The number of nitrogens with one attached hydrogen (secondary N) is 1. The van der Waals surface area contributed by atoms with Crippen LogP contribution < -0.4 is 5.32 Å². The maximum atomic E-state index is 13.1. The molecule has 0 heterocycles. The molecule has 0 unspecified atom stereocenters. The second kappa shape index (κ2) is 7.85. The van der Waals surface area contributed by atoms with Crippen molar-refractivity contribution < 1.29 is 14.1 Å². The van der Waals surface area contributed by atoms with Gasteiger partial charge in [0.25, 0.3) is 5.69 Å². The predicted octanol–water partition coefficient (Wildman–Crippen LogP) is 3.46. The second-order valence-corrected chi connectivity index (χ2v) is 5.68. The molecule has 2 aromatic rings. The average molecular weight is 352 g/mol. The lowest BCUT2D eigenvalue weighted by molar-refractivity contribution is -0.384. The van der Waals surface area contributed by atoms with Gasteiger partial charge in [0.1, 0.15) is 5.82 Å². The van der Waals surface area contributed by atoms with Crippen LogP contribution >= 0.6 is 11.6 Å². The molecule has 2 aromatic carbocycles. The number of nitrogens with zero attached hydrogens (tertiary/aromatic N) is 2. The van der Waals surface area contributed by atoms with Crippen LogP contribution in [0.5, 0.6) is 0 Å². The molecule has 2 rings (SSSR count). The topological polar surface area (TPSA) is 75.5 Å². The van der Waals surface area contributed by atoms with Gasteiger partial charge in [-0.3, -0.25) is 19.8 Å². The molecule has 1 N–H and O–H groups in total. The molecule has 0 radical (unpaired) electrons. The van der Waals surface area contributed by atoms with Crippen molar-refractivity contribution in [3.8, 4) is 0 Å². The van der Waals surface area contributed by atoms with Crippen LogP contribution in [-0.4, -0.2) is 29.3 Å². The van der Waals surface area contributed by atoms with Gasteiger partial charge in [0, 0.05) is 18.7 Å². The highest BCUT2D eigenvalue weighted by Crippen LogP contribution is 2.26. The first-order valence-electron chi connectivity index (χ1n) is 7.02. The summed E-state index contributed by atoms with van der Waals surface area (Å²) in [6.45, 7) is 0.461. The van der Waals surface area contributed by atoms with Gasteiger partial charge in [-0.1, -0.05) is 23.7 Å². The second-order valence-electron chi connectivity index (χ2n) is 5.27. The van der Waals surface area contributed by atoms with E-state index in [1.807, 2.05) is 0 Å². The molecule has 0 saturated carbocycles. The Balaban J connectivity index is 1.94. The number of anilines is 1. The van der Waals surface area contributed by atoms with Crippen molar-refractivity contribution in [1.29, 1.82) is 0 Å². The fraction of sp³-hybridized carbons (Fsp3) is 0.188. The van der Waals surface area contributed by atoms with Gasteiger partial charge in [0.05, 0.1) is 22.2 Å². The summed E-state index contributed by atoms with van der Waals surface area (Å²) in [6.07, 6.45) is 0. The minimum atomic E-state index is -0.565. The Morgan fingerprint density at radius 1 is 1.33 bits per heavy atom. The zero-order valence-corrected chi connectivity index (χ0v) is 13.6. The van der Waals surface area contributed by atoms with Crippen molar-refractivity contribution in [2.45, 2.75) is 6.54 Å². The number of hydrogen-bond acceptors (Lipinski definition) is 4. The third-order valence-electron chi connectivity index (χ3n) is 3.19. The largest absolute Gasteiger partial charge is 0.324 e. The zero-order valence-electron chi connectivity index (χ0n) is 12.8. The molecule has 0 fully saturated rings.